The largest absolute Gasteiger partial charge is 0.389 e. The highest BCUT2D eigenvalue weighted by molar-refractivity contribution is 7.80. The number of nitrogens with one attached hydrogen (secondary N) is 2. The molecule has 1 heterocycles. The molecule has 1 aromatic rings. The molecule has 18 heavy (non-hydrogen) atoms. The number of carbonyl (C=O) groups excluding carboxylic acids is 1. The third kappa shape index (κ3) is 3.40. The van der Waals surface area contributed by atoms with Gasteiger partial charge in [0.05, 0.1) is 0 Å². The number of thiocarbonyl (C=S) groups is 1. The van der Waals surface area contributed by atoms with E-state index < -0.39 is 0 Å². The lowest BCUT2D eigenvalue weighted by molar-refractivity contribution is -0.121. The average molecular weight is 264 g/mol. The Bertz CT molecular complexity index is 473. The van der Waals surface area contributed by atoms with Crippen LogP contribution in [-0.4, -0.2) is 28.0 Å². The molecule has 1 saturated carbocycles. The summed E-state index contributed by atoms with van der Waals surface area (Å²) in [5.41, 5.74) is 6.28. The van der Waals surface area contributed by atoms with Crippen molar-refractivity contribution < 1.29 is 4.79 Å². The summed E-state index contributed by atoms with van der Waals surface area (Å²) in [6.45, 7) is 1.80. The molecule has 0 aromatic carbocycles. The molecule has 0 aliphatic heterocycles. The lowest BCUT2D eigenvalue weighted by Gasteiger charge is -2.14. The summed E-state index contributed by atoms with van der Waals surface area (Å²) in [5.74, 6) is 0.582. The zero-order valence-corrected chi connectivity index (χ0v) is 11.0. The molecule has 1 aromatic heterocycles. The second-order valence-corrected chi connectivity index (χ2v) is 4.88. The van der Waals surface area contributed by atoms with E-state index >= 15 is 0 Å². The van der Waals surface area contributed by atoms with Gasteiger partial charge in [-0.05, 0) is 31.9 Å². The summed E-state index contributed by atoms with van der Waals surface area (Å²) in [6.07, 6.45) is 3.77. The molecule has 1 fully saturated rings. The number of amides is 1. The van der Waals surface area contributed by atoms with Gasteiger partial charge in [0.1, 0.15) is 16.8 Å². The van der Waals surface area contributed by atoms with Crippen molar-refractivity contribution in [2.75, 3.05) is 5.32 Å². The fraction of sp³-hybridized carbons (Fsp3) is 0.417. The van der Waals surface area contributed by atoms with Crippen LogP contribution in [0.3, 0.4) is 0 Å². The van der Waals surface area contributed by atoms with Gasteiger partial charge in [-0.15, -0.1) is 0 Å². The minimum atomic E-state index is -0.334. The SMILES string of the molecule is CC(Nc1cc(C(N)=S)ccn1)C(=O)NC1CC1. The van der Waals surface area contributed by atoms with Crippen LogP contribution in [0.25, 0.3) is 0 Å². The van der Waals surface area contributed by atoms with Gasteiger partial charge in [0.25, 0.3) is 0 Å². The van der Waals surface area contributed by atoms with Gasteiger partial charge in [-0.1, -0.05) is 12.2 Å². The van der Waals surface area contributed by atoms with Gasteiger partial charge in [-0.3, -0.25) is 4.79 Å². The van der Waals surface area contributed by atoms with Gasteiger partial charge in [0.2, 0.25) is 5.91 Å². The first kappa shape index (κ1) is 12.8. The van der Waals surface area contributed by atoms with Crippen molar-refractivity contribution in [3.63, 3.8) is 0 Å². The van der Waals surface area contributed by atoms with E-state index in [4.69, 9.17) is 18.0 Å². The summed E-state index contributed by atoms with van der Waals surface area (Å²) in [4.78, 5) is 16.2. The summed E-state index contributed by atoms with van der Waals surface area (Å²) in [6, 6.07) is 3.50. The predicted molar refractivity (Wildman–Crippen MR) is 74.4 cm³/mol. The van der Waals surface area contributed by atoms with Gasteiger partial charge in [0.15, 0.2) is 0 Å². The number of carbonyl (C=O) groups is 1. The van der Waals surface area contributed by atoms with E-state index in [-0.39, 0.29) is 11.9 Å². The fourth-order valence-electron chi connectivity index (χ4n) is 1.50. The number of nitrogens with zero attached hydrogens (tertiary/aromatic N) is 1. The zero-order valence-electron chi connectivity index (χ0n) is 10.1. The van der Waals surface area contributed by atoms with Crippen LogP contribution in [0.1, 0.15) is 25.3 Å². The first-order valence-electron chi connectivity index (χ1n) is 5.89. The van der Waals surface area contributed by atoms with Crippen molar-refractivity contribution in [3.8, 4) is 0 Å². The van der Waals surface area contributed by atoms with Crippen LogP contribution in [0.2, 0.25) is 0 Å². The van der Waals surface area contributed by atoms with E-state index in [1.807, 2.05) is 0 Å². The Hall–Kier alpha value is -1.69. The summed E-state index contributed by atoms with van der Waals surface area (Å²) in [5, 5.41) is 5.96. The Labute approximate surface area is 111 Å². The van der Waals surface area contributed by atoms with Gasteiger partial charge in [-0.25, -0.2) is 4.98 Å². The van der Waals surface area contributed by atoms with Crippen molar-refractivity contribution in [1.29, 1.82) is 0 Å². The van der Waals surface area contributed by atoms with E-state index in [1.54, 1.807) is 25.3 Å². The molecule has 0 bridgehead atoms. The highest BCUT2D eigenvalue weighted by Gasteiger charge is 2.25. The fourth-order valence-corrected chi connectivity index (χ4v) is 1.63. The first-order chi connectivity index (χ1) is 8.56. The topological polar surface area (TPSA) is 80.0 Å². The maximum atomic E-state index is 11.8. The Morgan fingerprint density at radius 2 is 2.33 bits per heavy atom. The number of hydrogen-bond acceptors (Lipinski definition) is 4. The van der Waals surface area contributed by atoms with Crippen LogP contribution in [0.4, 0.5) is 5.82 Å². The van der Waals surface area contributed by atoms with Crippen molar-refractivity contribution in [2.45, 2.75) is 31.8 Å². The zero-order chi connectivity index (χ0) is 13.1. The minimum Gasteiger partial charge on any atom is -0.389 e. The van der Waals surface area contributed by atoms with Crippen LogP contribution < -0.4 is 16.4 Å². The number of rotatable bonds is 5. The van der Waals surface area contributed by atoms with Crippen LogP contribution in [0.5, 0.6) is 0 Å². The molecular formula is C12H16N4OS. The molecule has 1 amide bonds. The van der Waals surface area contributed by atoms with E-state index in [0.717, 1.165) is 18.4 Å². The molecule has 2 rings (SSSR count). The third-order valence-corrected chi connectivity index (χ3v) is 2.96. The molecule has 1 aliphatic carbocycles. The third-order valence-electron chi connectivity index (χ3n) is 2.73. The average Bonchev–Trinajstić information content (AvgIpc) is 3.13. The quantitative estimate of drug-likeness (QED) is 0.685. The number of anilines is 1. The number of hydrogen-bond donors (Lipinski definition) is 3. The van der Waals surface area contributed by atoms with E-state index in [2.05, 4.69) is 15.6 Å². The minimum absolute atomic E-state index is 0.0139. The van der Waals surface area contributed by atoms with Crippen molar-refractivity contribution in [1.82, 2.24) is 10.3 Å². The highest BCUT2D eigenvalue weighted by Crippen LogP contribution is 2.19. The van der Waals surface area contributed by atoms with Crippen LogP contribution in [0.15, 0.2) is 18.3 Å². The normalized spacial score (nSPS) is 15.8. The maximum absolute atomic E-state index is 11.8. The Kier molecular flexibility index (Phi) is 3.76. The van der Waals surface area contributed by atoms with Crippen molar-refractivity contribution >= 4 is 28.9 Å². The molecule has 0 spiro atoms. The molecule has 1 atom stereocenters. The summed E-state index contributed by atoms with van der Waals surface area (Å²) >= 11 is 4.90. The molecule has 1 unspecified atom stereocenters. The summed E-state index contributed by atoms with van der Waals surface area (Å²) in [7, 11) is 0. The lowest BCUT2D eigenvalue weighted by Crippen LogP contribution is -2.38. The number of nitrogens with two attached hydrogens (primary N) is 1. The molecular weight excluding hydrogens is 248 g/mol. The number of pyridine rings is 1. The Morgan fingerprint density at radius 3 is 2.94 bits per heavy atom. The molecule has 6 heteroatoms. The van der Waals surface area contributed by atoms with Crippen LogP contribution >= 0.6 is 12.2 Å². The lowest BCUT2D eigenvalue weighted by atomic mass is 10.2. The van der Waals surface area contributed by atoms with Gasteiger partial charge in [-0.2, -0.15) is 0 Å². The highest BCUT2D eigenvalue weighted by atomic mass is 32.1. The molecule has 0 radical (unpaired) electrons. The molecule has 4 N–H and O–H groups in total. The maximum Gasteiger partial charge on any atom is 0.242 e. The molecule has 0 saturated heterocycles. The van der Waals surface area contributed by atoms with E-state index in [9.17, 15) is 4.79 Å². The second-order valence-electron chi connectivity index (χ2n) is 4.44. The van der Waals surface area contributed by atoms with Crippen LogP contribution in [0, 0.1) is 0 Å². The Balaban J connectivity index is 1.96. The molecule has 96 valence electrons. The standard InChI is InChI=1S/C12H16N4OS/c1-7(12(17)16-9-2-3-9)15-10-6-8(11(13)18)4-5-14-10/h4-7,9H,2-3H2,1H3,(H2,13,18)(H,14,15)(H,16,17). The smallest absolute Gasteiger partial charge is 0.242 e. The Morgan fingerprint density at radius 1 is 1.61 bits per heavy atom. The van der Waals surface area contributed by atoms with E-state index in [0.29, 0.717) is 16.8 Å². The van der Waals surface area contributed by atoms with Gasteiger partial charge >= 0.3 is 0 Å². The van der Waals surface area contributed by atoms with Gasteiger partial charge in [0, 0.05) is 17.8 Å². The van der Waals surface area contributed by atoms with Crippen molar-refractivity contribution in [3.05, 3.63) is 23.9 Å². The molecule has 1 aliphatic rings. The summed E-state index contributed by atoms with van der Waals surface area (Å²) < 4.78 is 0. The molecule has 5 nitrogen and oxygen atoms in total. The van der Waals surface area contributed by atoms with E-state index in [1.165, 1.54) is 0 Å². The van der Waals surface area contributed by atoms with Crippen LogP contribution in [-0.2, 0) is 4.79 Å². The van der Waals surface area contributed by atoms with Gasteiger partial charge < -0.3 is 16.4 Å². The second kappa shape index (κ2) is 5.30. The predicted octanol–water partition coefficient (Wildman–Crippen LogP) is 0.795. The monoisotopic (exact) mass is 264 g/mol. The van der Waals surface area contributed by atoms with Crippen molar-refractivity contribution in [2.24, 2.45) is 5.73 Å². The number of aromatic nitrogens is 1. The first-order valence-corrected chi connectivity index (χ1v) is 6.30.